The predicted octanol–water partition coefficient (Wildman–Crippen LogP) is 2.75. The molecule has 0 aliphatic carbocycles. The van der Waals surface area contributed by atoms with Gasteiger partial charge in [-0.3, -0.25) is 0 Å². The van der Waals surface area contributed by atoms with E-state index in [0.717, 1.165) is 19.3 Å². The number of hydrogen-bond acceptors (Lipinski definition) is 4. The Bertz CT molecular complexity index is 245. The van der Waals surface area contributed by atoms with E-state index in [1.165, 1.54) is 25.7 Å². The van der Waals surface area contributed by atoms with E-state index in [1.807, 2.05) is 0 Å². The summed E-state index contributed by atoms with van der Waals surface area (Å²) in [4.78, 5) is 2.89. The number of rotatable bonds is 13. The van der Waals surface area contributed by atoms with E-state index in [0.29, 0.717) is 13.2 Å². The molecule has 6 nitrogen and oxygen atoms in total. The monoisotopic (exact) mass is 272 g/mol. The zero-order valence-corrected chi connectivity index (χ0v) is 12.0. The lowest BCUT2D eigenvalue weighted by Gasteiger charge is -2.13. The van der Waals surface area contributed by atoms with Crippen LogP contribution in [-0.2, 0) is 4.74 Å². The fourth-order valence-corrected chi connectivity index (χ4v) is 1.82. The molecule has 2 atom stereocenters. The molecule has 0 saturated heterocycles. The summed E-state index contributed by atoms with van der Waals surface area (Å²) in [7, 11) is 0. The van der Waals surface area contributed by atoms with Crippen LogP contribution >= 0.6 is 0 Å². The third-order valence-corrected chi connectivity index (χ3v) is 3.02. The van der Waals surface area contributed by atoms with Gasteiger partial charge in [0.25, 0.3) is 0 Å². The third kappa shape index (κ3) is 12.0. The zero-order valence-electron chi connectivity index (χ0n) is 12.0. The van der Waals surface area contributed by atoms with Gasteiger partial charge < -0.3 is 15.6 Å². The maximum absolute atomic E-state index is 8.74. The quantitative estimate of drug-likeness (QED) is 0.233. The number of unbranched alkanes of at least 4 members (excludes halogenated alkanes) is 4. The molecule has 0 aliphatic rings. The standard InChI is InChI=1S/C13H28N4O2/c1-2-3-4-5-6-7-13(16-17-15)8-9-19-11-12(14)10-18/h12-13,18H,2-11,14H2,1H3/t12-,13+/m0/s1. The Morgan fingerprint density at radius 2 is 2.00 bits per heavy atom. The molecule has 0 saturated carbocycles. The van der Waals surface area contributed by atoms with Crippen molar-refractivity contribution in [2.75, 3.05) is 19.8 Å². The van der Waals surface area contributed by atoms with Gasteiger partial charge in [0.15, 0.2) is 0 Å². The van der Waals surface area contributed by atoms with Crippen LogP contribution in [0.1, 0.15) is 51.9 Å². The van der Waals surface area contributed by atoms with Gasteiger partial charge in [-0.25, -0.2) is 0 Å². The largest absolute Gasteiger partial charge is 0.395 e. The summed E-state index contributed by atoms with van der Waals surface area (Å²) in [5.41, 5.74) is 14.0. The third-order valence-electron chi connectivity index (χ3n) is 3.02. The number of nitrogens with zero attached hydrogens (tertiary/aromatic N) is 3. The van der Waals surface area contributed by atoms with E-state index in [2.05, 4.69) is 16.9 Å². The van der Waals surface area contributed by atoms with Crippen molar-refractivity contribution in [1.82, 2.24) is 0 Å². The van der Waals surface area contributed by atoms with E-state index >= 15 is 0 Å². The van der Waals surface area contributed by atoms with E-state index in [-0.39, 0.29) is 18.7 Å². The molecule has 0 bridgehead atoms. The highest BCUT2D eigenvalue weighted by Gasteiger charge is 2.07. The minimum atomic E-state index is -0.327. The molecular formula is C13H28N4O2. The second-order valence-corrected chi connectivity index (χ2v) is 4.87. The van der Waals surface area contributed by atoms with Gasteiger partial charge in [-0.05, 0) is 18.4 Å². The maximum Gasteiger partial charge on any atom is 0.0639 e. The van der Waals surface area contributed by atoms with Gasteiger partial charge in [0, 0.05) is 17.6 Å². The molecule has 0 radical (unpaired) electrons. The fraction of sp³-hybridized carbons (Fsp3) is 1.00. The second kappa shape index (κ2) is 13.6. The predicted molar refractivity (Wildman–Crippen MR) is 76.8 cm³/mol. The lowest BCUT2D eigenvalue weighted by molar-refractivity contribution is 0.0955. The Hall–Kier alpha value is -0.810. The molecule has 0 unspecified atom stereocenters. The number of aliphatic hydroxyl groups excluding tert-OH is 1. The Kier molecular flexibility index (Phi) is 13.0. The lowest BCUT2D eigenvalue weighted by Crippen LogP contribution is -2.30. The van der Waals surface area contributed by atoms with Crippen LogP contribution in [-0.4, -0.2) is 37.0 Å². The van der Waals surface area contributed by atoms with Crippen LogP contribution in [0.2, 0.25) is 0 Å². The first-order valence-corrected chi connectivity index (χ1v) is 7.23. The Morgan fingerprint density at radius 3 is 2.63 bits per heavy atom. The number of hydrogen-bond donors (Lipinski definition) is 2. The average molecular weight is 272 g/mol. The van der Waals surface area contributed by atoms with Crippen LogP contribution < -0.4 is 5.73 Å². The molecule has 0 rings (SSSR count). The summed E-state index contributed by atoms with van der Waals surface area (Å²) >= 11 is 0. The Balaban J connectivity index is 3.65. The first-order chi connectivity index (χ1) is 9.24. The lowest BCUT2D eigenvalue weighted by atomic mass is 10.1. The molecule has 0 aliphatic heterocycles. The van der Waals surface area contributed by atoms with Crippen molar-refractivity contribution in [2.45, 2.75) is 64.0 Å². The molecule has 0 aromatic rings. The van der Waals surface area contributed by atoms with Gasteiger partial charge in [0.05, 0.1) is 19.3 Å². The molecule has 0 aromatic heterocycles. The van der Waals surface area contributed by atoms with Crippen LogP contribution in [0, 0.1) is 0 Å². The number of ether oxygens (including phenoxy) is 1. The van der Waals surface area contributed by atoms with E-state index < -0.39 is 0 Å². The second-order valence-electron chi connectivity index (χ2n) is 4.87. The summed E-state index contributed by atoms with van der Waals surface area (Å²) in [5, 5.41) is 12.5. The van der Waals surface area contributed by atoms with Crippen LogP contribution in [0.15, 0.2) is 5.11 Å². The Labute approximate surface area is 115 Å². The molecule has 19 heavy (non-hydrogen) atoms. The minimum Gasteiger partial charge on any atom is -0.395 e. The normalized spacial score (nSPS) is 13.8. The highest BCUT2D eigenvalue weighted by Crippen LogP contribution is 2.12. The molecule has 0 fully saturated rings. The first-order valence-electron chi connectivity index (χ1n) is 7.23. The molecule has 6 heteroatoms. The molecule has 0 spiro atoms. The van der Waals surface area contributed by atoms with Gasteiger partial charge in [0.1, 0.15) is 0 Å². The van der Waals surface area contributed by atoms with E-state index in [9.17, 15) is 0 Å². The average Bonchev–Trinajstić information content (AvgIpc) is 2.42. The SMILES string of the molecule is CCCCCCC[C@H](CCOC[C@@H](N)CO)N=[N+]=[N-]. The van der Waals surface area contributed by atoms with Crippen molar-refractivity contribution in [2.24, 2.45) is 10.8 Å². The number of aliphatic hydroxyl groups is 1. The van der Waals surface area contributed by atoms with Crippen LogP contribution in [0.4, 0.5) is 0 Å². The summed E-state index contributed by atoms with van der Waals surface area (Å²) in [5.74, 6) is 0. The van der Waals surface area contributed by atoms with Crippen LogP contribution in [0.3, 0.4) is 0 Å². The van der Waals surface area contributed by atoms with Crippen molar-refractivity contribution >= 4 is 0 Å². The van der Waals surface area contributed by atoms with Gasteiger partial charge in [-0.15, -0.1) is 0 Å². The van der Waals surface area contributed by atoms with Gasteiger partial charge in [-0.1, -0.05) is 44.1 Å². The molecule has 112 valence electrons. The highest BCUT2D eigenvalue weighted by atomic mass is 16.5. The molecule has 0 aromatic carbocycles. The topological polar surface area (TPSA) is 104 Å². The summed E-state index contributed by atoms with van der Waals surface area (Å²) < 4.78 is 5.34. The van der Waals surface area contributed by atoms with Crippen molar-refractivity contribution in [3.05, 3.63) is 10.4 Å². The summed E-state index contributed by atoms with van der Waals surface area (Å²) in [6.45, 7) is 2.98. The minimum absolute atomic E-state index is 0.0111. The highest BCUT2D eigenvalue weighted by molar-refractivity contribution is 4.67. The summed E-state index contributed by atoms with van der Waals surface area (Å²) in [6.07, 6.45) is 7.69. The molecule has 0 heterocycles. The molecule has 3 N–H and O–H groups in total. The fourth-order valence-electron chi connectivity index (χ4n) is 1.82. The van der Waals surface area contributed by atoms with Crippen molar-refractivity contribution in [3.63, 3.8) is 0 Å². The maximum atomic E-state index is 8.74. The van der Waals surface area contributed by atoms with Gasteiger partial charge >= 0.3 is 0 Å². The van der Waals surface area contributed by atoms with Crippen molar-refractivity contribution in [3.8, 4) is 0 Å². The van der Waals surface area contributed by atoms with Crippen molar-refractivity contribution in [1.29, 1.82) is 0 Å². The zero-order chi connectivity index (χ0) is 14.3. The Morgan fingerprint density at radius 1 is 1.26 bits per heavy atom. The first kappa shape index (κ1) is 18.2. The van der Waals surface area contributed by atoms with Gasteiger partial charge in [-0.2, -0.15) is 0 Å². The van der Waals surface area contributed by atoms with Crippen LogP contribution in [0.5, 0.6) is 0 Å². The summed E-state index contributed by atoms with van der Waals surface area (Å²) in [6, 6.07) is -0.316. The van der Waals surface area contributed by atoms with Gasteiger partial charge in [0.2, 0.25) is 0 Å². The van der Waals surface area contributed by atoms with E-state index in [4.69, 9.17) is 21.1 Å². The molecule has 0 amide bonds. The van der Waals surface area contributed by atoms with Crippen LogP contribution in [0.25, 0.3) is 10.4 Å². The molecular weight excluding hydrogens is 244 g/mol. The van der Waals surface area contributed by atoms with Crippen molar-refractivity contribution < 1.29 is 9.84 Å². The number of azide groups is 1. The number of nitrogens with two attached hydrogens (primary N) is 1. The van der Waals surface area contributed by atoms with E-state index in [1.54, 1.807) is 0 Å². The smallest absolute Gasteiger partial charge is 0.0639 e.